The van der Waals surface area contributed by atoms with E-state index in [1.165, 1.54) is 0 Å². The molecule has 0 aromatic carbocycles. The Bertz CT molecular complexity index is 208. The summed E-state index contributed by atoms with van der Waals surface area (Å²) in [4.78, 5) is 4.50. The van der Waals surface area contributed by atoms with Crippen molar-refractivity contribution >= 4 is 0 Å². The Morgan fingerprint density at radius 1 is 1.28 bits per heavy atom. The molecule has 0 aromatic heterocycles. The highest BCUT2D eigenvalue weighted by atomic mass is 16.5. The van der Waals surface area contributed by atoms with Gasteiger partial charge in [0.15, 0.2) is 0 Å². The third-order valence-electron chi connectivity index (χ3n) is 3.14. The minimum atomic E-state index is 0.127. The van der Waals surface area contributed by atoms with E-state index in [0.29, 0.717) is 19.0 Å². The zero-order valence-electron chi connectivity index (χ0n) is 11.7. The summed E-state index contributed by atoms with van der Waals surface area (Å²) >= 11 is 0. The van der Waals surface area contributed by atoms with Gasteiger partial charge in [-0.3, -0.25) is 9.80 Å². The van der Waals surface area contributed by atoms with E-state index in [-0.39, 0.29) is 19.3 Å². The van der Waals surface area contributed by atoms with Crippen LogP contribution in [0.25, 0.3) is 0 Å². The van der Waals surface area contributed by atoms with Crippen molar-refractivity contribution in [1.29, 1.82) is 0 Å². The molecule has 5 nitrogen and oxygen atoms in total. The third kappa shape index (κ3) is 6.11. The second-order valence-electron chi connectivity index (χ2n) is 5.39. The molecule has 1 aliphatic heterocycles. The maximum Gasteiger partial charge on any atom is 0.0829 e. The van der Waals surface area contributed by atoms with Crippen LogP contribution in [0, 0.1) is 5.92 Å². The molecule has 0 spiro atoms. The SMILES string of the molecule is CC(C)CN1CCOC(CN(CCO)CCO)C1. The van der Waals surface area contributed by atoms with Crippen molar-refractivity contribution in [3.05, 3.63) is 0 Å². The first-order valence-corrected chi connectivity index (χ1v) is 6.93. The van der Waals surface area contributed by atoms with E-state index < -0.39 is 0 Å². The Hall–Kier alpha value is -0.200. The number of hydrogen-bond donors (Lipinski definition) is 2. The first-order valence-electron chi connectivity index (χ1n) is 6.93. The summed E-state index contributed by atoms with van der Waals surface area (Å²) in [5, 5.41) is 18.0. The number of morpholine rings is 1. The van der Waals surface area contributed by atoms with Gasteiger partial charge in [-0.1, -0.05) is 13.8 Å². The number of nitrogens with zero attached hydrogens (tertiary/aromatic N) is 2. The Morgan fingerprint density at radius 2 is 1.94 bits per heavy atom. The average molecular weight is 260 g/mol. The molecule has 1 atom stereocenters. The van der Waals surface area contributed by atoms with Crippen LogP contribution in [0.5, 0.6) is 0 Å². The van der Waals surface area contributed by atoms with Crippen LogP contribution >= 0.6 is 0 Å². The van der Waals surface area contributed by atoms with Crippen LogP contribution in [0.4, 0.5) is 0 Å². The molecule has 1 unspecified atom stereocenters. The summed E-state index contributed by atoms with van der Waals surface area (Å²) in [6, 6.07) is 0. The summed E-state index contributed by atoms with van der Waals surface area (Å²) in [6.45, 7) is 10.6. The van der Waals surface area contributed by atoms with Crippen LogP contribution in [0.3, 0.4) is 0 Å². The molecule has 0 radical (unpaired) electrons. The minimum absolute atomic E-state index is 0.127. The maximum atomic E-state index is 8.99. The second kappa shape index (κ2) is 8.82. The second-order valence-corrected chi connectivity index (χ2v) is 5.39. The Balaban J connectivity index is 2.35. The number of ether oxygens (including phenoxy) is 1. The predicted octanol–water partition coefficient (Wildman–Crippen LogP) is -0.370. The lowest BCUT2D eigenvalue weighted by molar-refractivity contribution is -0.0484. The minimum Gasteiger partial charge on any atom is -0.395 e. The van der Waals surface area contributed by atoms with Crippen molar-refractivity contribution in [2.24, 2.45) is 5.92 Å². The first kappa shape index (κ1) is 15.9. The molecular formula is C13H28N2O3. The van der Waals surface area contributed by atoms with Gasteiger partial charge in [-0.15, -0.1) is 0 Å². The number of aliphatic hydroxyl groups is 2. The van der Waals surface area contributed by atoms with Gasteiger partial charge in [0.2, 0.25) is 0 Å². The standard InChI is InChI=1S/C13H28N2O3/c1-12(2)9-15-5-8-18-13(11-15)10-14(3-6-16)4-7-17/h12-13,16-17H,3-11H2,1-2H3. The molecule has 1 saturated heterocycles. The zero-order valence-corrected chi connectivity index (χ0v) is 11.7. The smallest absolute Gasteiger partial charge is 0.0829 e. The topological polar surface area (TPSA) is 56.2 Å². The molecule has 18 heavy (non-hydrogen) atoms. The van der Waals surface area contributed by atoms with Crippen molar-refractivity contribution < 1.29 is 14.9 Å². The van der Waals surface area contributed by atoms with E-state index in [9.17, 15) is 0 Å². The molecule has 108 valence electrons. The number of hydrogen-bond acceptors (Lipinski definition) is 5. The van der Waals surface area contributed by atoms with Crippen molar-refractivity contribution in [2.45, 2.75) is 20.0 Å². The molecule has 1 heterocycles. The quantitative estimate of drug-likeness (QED) is 0.624. The fraction of sp³-hybridized carbons (Fsp3) is 1.00. The molecule has 0 amide bonds. The van der Waals surface area contributed by atoms with Gasteiger partial charge in [-0.25, -0.2) is 0 Å². The van der Waals surface area contributed by atoms with E-state index in [2.05, 4.69) is 23.6 Å². The first-order chi connectivity index (χ1) is 8.65. The average Bonchev–Trinajstić information content (AvgIpc) is 2.29. The van der Waals surface area contributed by atoms with Crippen molar-refractivity contribution in [1.82, 2.24) is 9.80 Å². The van der Waals surface area contributed by atoms with Gasteiger partial charge in [0.25, 0.3) is 0 Å². The summed E-state index contributed by atoms with van der Waals surface area (Å²) in [5.74, 6) is 0.676. The molecule has 0 aromatic rings. The lowest BCUT2D eigenvalue weighted by Gasteiger charge is -2.36. The lowest BCUT2D eigenvalue weighted by atomic mass is 10.1. The predicted molar refractivity (Wildman–Crippen MR) is 71.6 cm³/mol. The maximum absolute atomic E-state index is 8.99. The molecule has 2 N–H and O–H groups in total. The van der Waals surface area contributed by atoms with Crippen LogP contribution < -0.4 is 0 Å². The molecule has 1 rings (SSSR count). The Labute approximate surface area is 110 Å². The summed E-state index contributed by atoms with van der Waals surface area (Å²) in [5.41, 5.74) is 0. The summed E-state index contributed by atoms with van der Waals surface area (Å²) in [6.07, 6.45) is 0.190. The third-order valence-corrected chi connectivity index (χ3v) is 3.14. The van der Waals surface area contributed by atoms with Gasteiger partial charge in [0.05, 0.1) is 25.9 Å². The molecule has 0 aliphatic carbocycles. The highest BCUT2D eigenvalue weighted by Gasteiger charge is 2.22. The zero-order chi connectivity index (χ0) is 13.4. The highest BCUT2D eigenvalue weighted by molar-refractivity contribution is 4.75. The molecule has 1 fully saturated rings. The summed E-state index contributed by atoms with van der Waals surface area (Å²) in [7, 11) is 0. The molecule has 5 heteroatoms. The molecule has 0 saturated carbocycles. The van der Waals surface area contributed by atoms with E-state index in [1.54, 1.807) is 0 Å². The van der Waals surface area contributed by atoms with Crippen LogP contribution in [-0.4, -0.2) is 85.2 Å². The Kier molecular flexibility index (Phi) is 7.77. The van der Waals surface area contributed by atoms with Gasteiger partial charge in [-0.05, 0) is 5.92 Å². The summed E-state index contributed by atoms with van der Waals surface area (Å²) < 4.78 is 5.77. The van der Waals surface area contributed by atoms with Crippen molar-refractivity contribution in [3.8, 4) is 0 Å². The number of rotatable bonds is 8. The van der Waals surface area contributed by atoms with Gasteiger partial charge >= 0.3 is 0 Å². The molecule has 0 bridgehead atoms. The van der Waals surface area contributed by atoms with Crippen LogP contribution in [0.15, 0.2) is 0 Å². The Morgan fingerprint density at radius 3 is 2.50 bits per heavy atom. The van der Waals surface area contributed by atoms with Crippen LogP contribution in [0.2, 0.25) is 0 Å². The van der Waals surface area contributed by atoms with Gasteiger partial charge < -0.3 is 14.9 Å². The van der Waals surface area contributed by atoms with Gasteiger partial charge in [0.1, 0.15) is 0 Å². The van der Waals surface area contributed by atoms with Gasteiger partial charge in [-0.2, -0.15) is 0 Å². The molecular weight excluding hydrogens is 232 g/mol. The van der Waals surface area contributed by atoms with E-state index in [4.69, 9.17) is 14.9 Å². The van der Waals surface area contributed by atoms with Crippen LogP contribution in [0.1, 0.15) is 13.8 Å². The van der Waals surface area contributed by atoms with E-state index in [1.807, 2.05) is 0 Å². The fourth-order valence-electron chi connectivity index (χ4n) is 2.44. The largest absolute Gasteiger partial charge is 0.395 e. The van der Waals surface area contributed by atoms with Crippen molar-refractivity contribution in [2.75, 3.05) is 59.1 Å². The van der Waals surface area contributed by atoms with Gasteiger partial charge in [0, 0.05) is 39.3 Å². The van der Waals surface area contributed by atoms with E-state index in [0.717, 1.165) is 32.8 Å². The lowest BCUT2D eigenvalue weighted by Crippen LogP contribution is -2.49. The normalized spacial score (nSPS) is 22.0. The molecule has 1 aliphatic rings. The van der Waals surface area contributed by atoms with E-state index >= 15 is 0 Å². The highest BCUT2D eigenvalue weighted by Crippen LogP contribution is 2.09. The fourth-order valence-corrected chi connectivity index (χ4v) is 2.44. The monoisotopic (exact) mass is 260 g/mol. The van der Waals surface area contributed by atoms with Crippen molar-refractivity contribution in [3.63, 3.8) is 0 Å². The van der Waals surface area contributed by atoms with Crippen LogP contribution in [-0.2, 0) is 4.74 Å². The number of aliphatic hydroxyl groups excluding tert-OH is 2.